The Balaban J connectivity index is 0.000000544. The second-order valence-electron chi connectivity index (χ2n) is 9.51. The van der Waals surface area contributed by atoms with Gasteiger partial charge in [-0.15, -0.1) is 0 Å². The number of rotatable bonds is 17. The van der Waals surface area contributed by atoms with E-state index >= 15 is 0 Å². The van der Waals surface area contributed by atoms with Gasteiger partial charge < -0.3 is 10.2 Å². The highest BCUT2D eigenvalue weighted by Gasteiger charge is 2.08. The molecule has 0 aliphatic heterocycles. The number of fused-ring (bicyclic) bond motifs is 1. The molecule has 0 unspecified atom stereocenters. The van der Waals surface area contributed by atoms with E-state index in [1.54, 1.807) is 12.1 Å². The number of carboxylic acid groups (broad SMARTS) is 2. The molecule has 38 heavy (non-hydrogen) atoms. The van der Waals surface area contributed by atoms with Crippen LogP contribution in [0, 0.1) is 0 Å². The predicted molar refractivity (Wildman–Crippen MR) is 154 cm³/mol. The lowest BCUT2D eigenvalue weighted by atomic mass is 10.1. The van der Waals surface area contributed by atoms with Gasteiger partial charge in [-0.1, -0.05) is 121 Å². The molecule has 0 aliphatic rings. The summed E-state index contributed by atoms with van der Waals surface area (Å²) in [5, 5.41) is 18.4. The van der Waals surface area contributed by atoms with Gasteiger partial charge in [-0.3, -0.25) is 14.1 Å². The van der Waals surface area contributed by atoms with Crippen LogP contribution in [0.15, 0.2) is 47.4 Å². The van der Waals surface area contributed by atoms with Crippen LogP contribution in [0.3, 0.4) is 0 Å². The minimum atomic E-state index is -4.09. The number of hydrogen-bond acceptors (Lipinski definition) is 4. The van der Waals surface area contributed by atoms with Crippen LogP contribution in [-0.2, 0) is 19.7 Å². The van der Waals surface area contributed by atoms with Gasteiger partial charge in [-0.2, -0.15) is 8.42 Å². The van der Waals surface area contributed by atoms with E-state index < -0.39 is 22.1 Å². The Bertz CT molecular complexity index is 975. The fraction of sp³-hybridized carbons (Fsp3) is 0.600. The van der Waals surface area contributed by atoms with Gasteiger partial charge in [0.1, 0.15) is 0 Å². The Hall–Kier alpha value is -2.45. The first kappa shape index (κ1) is 35.5. The van der Waals surface area contributed by atoms with Crippen molar-refractivity contribution < 1.29 is 32.8 Å². The topological polar surface area (TPSA) is 129 Å². The van der Waals surface area contributed by atoms with Gasteiger partial charge in [-0.25, -0.2) is 0 Å². The van der Waals surface area contributed by atoms with Gasteiger partial charge in [-0.05, 0) is 35.7 Å². The van der Waals surface area contributed by atoms with Crippen LogP contribution >= 0.6 is 0 Å². The van der Waals surface area contributed by atoms with Crippen molar-refractivity contribution in [3.05, 3.63) is 42.5 Å². The van der Waals surface area contributed by atoms with Crippen LogP contribution in [0.25, 0.3) is 10.8 Å². The van der Waals surface area contributed by atoms with Crippen molar-refractivity contribution in [2.75, 3.05) is 0 Å². The number of benzene rings is 2. The van der Waals surface area contributed by atoms with Gasteiger partial charge >= 0.3 is 11.9 Å². The van der Waals surface area contributed by atoms with E-state index in [9.17, 15) is 18.0 Å². The molecule has 2 rings (SSSR count). The minimum absolute atomic E-state index is 0.0730. The Kier molecular flexibility index (Phi) is 21.1. The van der Waals surface area contributed by atoms with Crippen molar-refractivity contribution in [3.63, 3.8) is 0 Å². The summed E-state index contributed by atoms with van der Waals surface area (Å²) in [5.74, 6) is -1.33. The maximum absolute atomic E-state index is 10.8. The van der Waals surface area contributed by atoms with E-state index in [4.69, 9.17) is 14.8 Å². The quantitative estimate of drug-likeness (QED) is 0.132. The molecule has 8 heteroatoms. The largest absolute Gasteiger partial charge is 0.481 e. The summed E-state index contributed by atoms with van der Waals surface area (Å²) in [6.45, 7) is 4.40. The van der Waals surface area contributed by atoms with Crippen LogP contribution in [0.1, 0.15) is 117 Å². The molecule has 0 heterocycles. The zero-order valence-corrected chi connectivity index (χ0v) is 24.1. The van der Waals surface area contributed by atoms with Crippen LogP contribution in [0.2, 0.25) is 0 Å². The molecule has 0 saturated carbocycles. The molecule has 3 N–H and O–H groups in total. The zero-order valence-electron chi connectivity index (χ0n) is 23.2. The fourth-order valence-electron chi connectivity index (χ4n) is 3.79. The van der Waals surface area contributed by atoms with Crippen LogP contribution < -0.4 is 0 Å². The molecule has 216 valence electrons. The summed E-state index contributed by atoms with van der Waals surface area (Å²) in [6.07, 6.45) is 17.3. The average molecular weight is 553 g/mol. The van der Waals surface area contributed by atoms with Crippen molar-refractivity contribution in [2.45, 2.75) is 121 Å². The molecule has 0 radical (unpaired) electrons. The van der Waals surface area contributed by atoms with Gasteiger partial charge in [0.15, 0.2) is 0 Å². The molecule has 0 aromatic heterocycles. The fourth-order valence-corrected chi connectivity index (χ4v) is 4.31. The molecule has 0 saturated heterocycles. The predicted octanol–water partition coefficient (Wildman–Crippen LogP) is 8.51. The molecule has 0 bridgehead atoms. The molecular formula is C30H48O7S. The molecule has 0 fully saturated rings. The van der Waals surface area contributed by atoms with E-state index in [-0.39, 0.29) is 4.90 Å². The SMILES string of the molecule is CCCCCCCCCC(=O)O.CCCCCCCCCC(=O)O.O=S(=O)(O)c1ccc2ccccc2c1. The number of carboxylic acids is 2. The summed E-state index contributed by atoms with van der Waals surface area (Å²) in [6, 6.07) is 11.9. The summed E-state index contributed by atoms with van der Waals surface area (Å²) in [5.41, 5.74) is 0. The molecular weight excluding hydrogens is 504 g/mol. The number of carbonyl (C=O) groups is 2. The van der Waals surface area contributed by atoms with Crippen LogP contribution in [0.5, 0.6) is 0 Å². The highest BCUT2D eigenvalue weighted by Crippen LogP contribution is 2.18. The Labute approximate surface area is 229 Å². The van der Waals surface area contributed by atoms with Gasteiger partial charge in [0.2, 0.25) is 0 Å². The van der Waals surface area contributed by atoms with Crippen molar-refractivity contribution in [3.8, 4) is 0 Å². The van der Waals surface area contributed by atoms with E-state index in [2.05, 4.69) is 13.8 Å². The third-order valence-corrected chi connectivity index (χ3v) is 6.86. The molecule has 0 aliphatic carbocycles. The first-order chi connectivity index (χ1) is 18.1. The van der Waals surface area contributed by atoms with Gasteiger partial charge in [0.25, 0.3) is 10.1 Å². The summed E-state index contributed by atoms with van der Waals surface area (Å²) < 4.78 is 30.5. The first-order valence-corrected chi connectivity index (χ1v) is 15.5. The third-order valence-electron chi connectivity index (χ3n) is 6.01. The van der Waals surface area contributed by atoms with Gasteiger partial charge in [0, 0.05) is 12.8 Å². The monoisotopic (exact) mass is 552 g/mol. The lowest BCUT2D eigenvalue weighted by Crippen LogP contribution is -1.97. The Morgan fingerprint density at radius 1 is 0.605 bits per heavy atom. The normalized spacial score (nSPS) is 10.7. The number of hydrogen-bond donors (Lipinski definition) is 3. The van der Waals surface area contributed by atoms with Crippen molar-refractivity contribution in [2.24, 2.45) is 0 Å². The summed E-state index contributed by atoms with van der Waals surface area (Å²) >= 11 is 0. The maximum Gasteiger partial charge on any atom is 0.303 e. The zero-order chi connectivity index (χ0) is 28.7. The lowest BCUT2D eigenvalue weighted by Gasteiger charge is -1.99. The number of unbranched alkanes of at least 4 members (excludes halogenated alkanes) is 12. The summed E-state index contributed by atoms with van der Waals surface area (Å²) in [4.78, 5) is 20.2. The van der Waals surface area contributed by atoms with Crippen LogP contribution in [0.4, 0.5) is 0 Å². The maximum atomic E-state index is 10.8. The van der Waals surface area contributed by atoms with Crippen molar-refractivity contribution >= 4 is 32.8 Å². The Morgan fingerprint density at radius 3 is 1.39 bits per heavy atom. The molecule has 7 nitrogen and oxygen atoms in total. The van der Waals surface area contributed by atoms with Crippen molar-refractivity contribution in [1.29, 1.82) is 0 Å². The standard InChI is InChI=1S/C10H8O3S.2C10H20O2/c11-14(12,13)10-6-5-8-3-1-2-4-9(8)7-10;2*1-2-3-4-5-6-7-8-9-10(11)12/h1-7H,(H,11,12,13);2*2-9H2,1H3,(H,11,12). The third kappa shape index (κ3) is 20.6. The summed E-state index contributed by atoms with van der Waals surface area (Å²) in [7, 11) is -4.09. The molecule has 0 amide bonds. The second kappa shape index (κ2) is 22.5. The van der Waals surface area contributed by atoms with Crippen LogP contribution in [-0.4, -0.2) is 35.1 Å². The molecule has 2 aromatic rings. The average Bonchev–Trinajstić information content (AvgIpc) is 2.87. The highest BCUT2D eigenvalue weighted by molar-refractivity contribution is 7.85. The van der Waals surface area contributed by atoms with Crippen molar-refractivity contribution in [1.82, 2.24) is 0 Å². The van der Waals surface area contributed by atoms with Gasteiger partial charge in [0.05, 0.1) is 4.90 Å². The lowest BCUT2D eigenvalue weighted by molar-refractivity contribution is -0.138. The van der Waals surface area contributed by atoms with E-state index in [1.165, 1.54) is 76.3 Å². The second-order valence-corrected chi connectivity index (χ2v) is 10.9. The molecule has 2 aromatic carbocycles. The minimum Gasteiger partial charge on any atom is -0.481 e. The number of aliphatic carboxylic acids is 2. The van der Waals surface area contributed by atoms with E-state index in [0.29, 0.717) is 12.8 Å². The molecule has 0 spiro atoms. The van der Waals surface area contributed by atoms with E-state index in [1.807, 2.05) is 18.2 Å². The van der Waals surface area contributed by atoms with E-state index in [0.717, 1.165) is 36.5 Å². The Morgan fingerprint density at radius 2 is 1.00 bits per heavy atom. The highest BCUT2D eigenvalue weighted by atomic mass is 32.2. The molecule has 0 atom stereocenters. The first-order valence-electron chi connectivity index (χ1n) is 14.0. The smallest absolute Gasteiger partial charge is 0.303 e.